The molecule has 0 bridgehead atoms. The smallest absolute Gasteiger partial charge is 0.159 e. The molecule has 4 heteroatoms. The van der Waals surface area contributed by atoms with Crippen LogP contribution in [-0.2, 0) is 11.2 Å². The van der Waals surface area contributed by atoms with Crippen LogP contribution >= 0.6 is 0 Å². The van der Waals surface area contributed by atoms with Crippen molar-refractivity contribution in [1.82, 2.24) is 14.9 Å². The maximum absolute atomic E-state index is 5.38. The molecule has 13 heavy (non-hydrogen) atoms. The van der Waals surface area contributed by atoms with Crippen molar-refractivity contribution in [2.45, 2.75) is 6.42 Å². The Labute approximate surface area is 75.5 Å². The van der Waals surface area contributed by atoms with Crippen LogP contribution in [0.3, 0.4) is 0 Å². The van der Waals surface area contributed by atoms with Gasteiger partial charge in [-0.3, -0.25) is 0 Å². The van der Waals surface area contributed by atoms with Gasteiger partial charge in [0.25, 0.3) is 0 Å². The minimum Gasteiger partial charge on any atom is -0.471 e. The summed E-state index contributed by atoms with van der Waals surface area (Å²) in [6.07, 6.45) is 8.50. The van der Waals surface area contributed by atoms with Crippen LogP contribution in [0.4, 0.5) is 0 Å². The van der Waals surface area contributed by atoms with Gasteiger partial charge in [-0.15, -0.1) is 0 Å². The van der Waals surface area contributed by atoms with Crippen molar-refractivity contribution in [1.29, 1.82) is 0 Å². The standard InChI is InChI=1S/C9H9N3O/c1-3-12-4-2-10-9(12)5-7-8(1)13-6-11-7/h1-4,11H,5-6H2. The third-order valence-corrected chi connectivity index (χ3v) is 2.28. The van der Waals surface area contributed by atoms with E-state index in [1.165, 1.54) is 0 Å². The van der Waals surface area contributed by atoms with E-state index in [2.05, 4.69) is 10.3 Å². The van der Waals surface area contributed by atoms with Crippen molar-refractivity contribution >= 4 is 6.20 Å². The largest absolute Gasteiger partial charge is 0.471 e. The molecule has 0 amide bonds. The number of fused-ring (bicyclic) bond motifs is 1. The van der Waals surface area contributed by atoms with Crippen LogP contribution in [-0.4, -0.2) is 16.3 Å². The third kappa shape index (κ3) is 0.950. The van der Waals surface area contributed by atoms with Gasteiger partial charge < -0.3 is 14.6 Å². The number of rotatable bonds is 0. The molecule has 0 unspecified atom stereocenters. The molecule has 0 saturated carbocycles. The van der Waals surface area contributed by atoms with E-state index in [4.69, 9.17) is 4.74 Å². The van der Waals surface area contributed by atoms with Crippen LogP contribution in [0.5, 0.6) is 0 Å². The monoisotopic (exact) mass is 175 g/mol. The topological polar surface area (TPSA) is 39.1 Å². The zero-order valence-electron chi connectivity index (χ0n) is 7.03. The van der Waals surface area contributed by atoms with Crippen molar-refractivity contribution in [3.63, 3.8) is 0 Å². The Hall–Kier alpha value is -1.71. The first-order chi connectivity index (χ1) is 6.43. The fraction of sp³-hybridized carbons (Fsp3) is 0.222. The molecule has 0 aliphatic carbocycles. The van der Waals surface area contributed by atoms with E-state index in [1.54, 1.807) is 6.20 Å². The lowest BCUT2D eigenvalue weighted by Crippen LogP contribution is -2.11. The molecular formula is C9H9N3O. The Morgan fingerprint density at radius 3 is 3.54 bits per heavy atom. The second-order valence-corrected chi connectivity index (χ2v) is 3.05. The predicted molar refractivity (Wildman–Crippen MR) is 47.4 cm³/mol. The summed E-state index contributed by atoms with van der Waals surface area (Å²) in [5.41, 5.74) is 1.13. The Kier molecular flexibility index (Phi) is 1.24. The van der Waals surface area contributed by atoms with Crippen molar-refractivity contribution in [2.75, 3.05) is 6.73 Å². The zero-order valence-corrected chi connectivity index (χ0v) is 7.03. The molecule has 3 heterocycles. The number of hydrogen-bond donors (Lipinski definition) is 1. The van der Waals surface area contributed by atoms with E-state index < -0.39 is 0 Å². The molecule has 1 aromatic rings. The van der Waals surface area contributed by atoms with E-state index in [0.29, 0.717) is 6.73 Å². The van der Waals surface area contributed by atoms with Crippen LogP contribution < -0.4 is 5.32 Å². The summed E-state index contributed by atoms with van der Waals surface area (Å²) in [4.78, 5) is 4.26. The average Bonchev–Trinajstić information content (AvgIpc) is 2.72. The summed E-state index contributed by atoms with van der Waals surface area (Å²) in [7, 11) is 0. The molecule has 2 aliphatic heterocycles. The summed E-state index contributed by atoms with van der Waals surface area (Å²) in [5.74, 6) is 1.98. The molecule has 4 nitrogen and oxygen atoms in total. The molecule has 0 atom stereocenters. The third-order valence-electron chi connectivity index (χ3n) is 2.28. The quantitative estimate of drug-likeness (QED) is 0.630. The van der Waals surface area contributed by atoms with Crippen molar-refractivity contribution in [2.24, 2.45) is 0 Å². The number of hydrogen-bond acceptors (Lipinski definition) is 3. The van der Waals surface area contributed by atoms with Gasteiger partial charge in [-0.05, 0) is 6.08 Å². The van der Waals surface area contributed by atoms with Gasteiger partial charge in [-0.1, -0.05) is 0 Å². The van der Waals surface area contributed by atoms with Crippen molar-refractivity contribution < 1.29 is 4.74 Å². The molecule has 2 aliphatic rings. The summed E-state index contributed by atoms with van der Waals surface area (Å²) >= 11 is 0. The summed E-state index contributed by atoms with van der Waals surface area (Å²) in [5, 5.41) is 3.18. The highest BCUT2D eigenvalue weighted by Gasteiger charge is 2.17. The first kappa shape index (κ1) is 6.77. The second kappa shape index (κ2) is 2.39. The van der Waals surface area contributed by atoms with Crippen molar-refractivity contribution in [3.05, 3.63) is 35.8 Å². The minimum absolute atomic E-state index is 0.579. The van der Waals surface area contributed by atoms with Crippen molar-refractivity contribution in [3.8, 4) is 0 Å². The summed E-state index contributed by atoms with van der Waals surface area (Å²) in [6, 6.07) is 0. The first-order valence-corrected chi connectivity index (χ1v) is 4.23. The number of allylic oxidation sites excluding steroid dienone is 2. The lowest BCUT2D eigenvalue weighted by Gasteiger charge is -2.00. The van der Waals surface area contributed by atoms with Crippen LogP contribution in [0.2, 0.25) is 0 Å². The number of ether oxygens (including phenoxy) is 1. The SMILES string of the molecule is C1=Cn2ccnc2CC2=C1OCN2. The van der Waals surface area contributed by atoms with E-state index >= 15 is 0 Å². The fourth-order valence-corrected chi connectivity index (χ4v) is 1.60. The van der Waals surface area contributed by atoms with Gasteiger partial charge in [0.05, 0.1) is 5.70 Å². The number of nitrogens with one attached hydrogen (secondary N) is 1. The summed E-state index contributed by atoms with van der Waals surface area (Å²) < 4.78 is 7.38. The molecule has 0 aromatic carbocycles. The highest BCUT2D eigenvalue weighted by molar-refractivity contribution is 5.40. The van der Waals surface area contributed by atoms with Crippen LogP contribution in [0.1, 0.15) is 5.82 Å². The normalized spacial score (nSPS) is 18.8. The van der Waals surface area contributed by atoms with Gasteiger partial charge in [-0.25, -0.2) is 4.98 Å². The molecule has 0 spiro atoms. The van der Waals surface area contributed by atoms with E-state index in [-0.39, 0.29) is 0 Å². The van der Waals surface area contributed by atoms with Gasteiger partial charge in [-0.2, -0.15) is 0 Å². The van der Waals surface area contributed by atoms with E-state index in [9.17, 15) is 0 Å². The second-order valence-electron chi connectivity index (χ2n) is 3.05. The molecule has 1 aromatic heterocycles. The van der Waals surface area contributed by atoms with Gasteiger partial charge in [0.2, 0.25) is 0 Å². The Balaban J connectivity index is 2.08. The van der Waals surface area contributed by atoms with Gasteiger partial charge in [0.15, 0.2) is 6.73 Å². The number of imidazole rings is 1. The molecule has 66 valence electrons. The minimum atomic E-state index is 0.579. The molecule has 1 N–H and O–H groups in total. The molecule has 0 radical (unpaired) electrons. The maximum Gasteiger partial charge on any atom is 0.159 e. The van der Waals surface area contributed by atoms with E-state index in [0.717, 1.165) is 23.7 Å². The molecule has 0 saturated heterocycles. The fourth-order valence-electron chi connectivity index (χ4n) is 1.60. The first-order valence-electron chi connectivity index (χ1n) is 4.23. The molecular weight excluding hydrogens is 166 g/mol. The number of nitrogens with zero attached hydrogens (tertiary/aromatic N) is 2. The highest BCUT2D eigenvalue weighted by Crippen LogP contribution is 2.19. The zero-order chi connectivity index (χ0) is 8.67. The Morgan fingerprint density at radius 1 is 1.54 bits per heavy atom. The average molecular weight is 175 g/mol. The lowest BCUT2D eigenvalue weighted by molar-refractivity contribution is 0.244. The predicted octanol–water partition coefficient (Wildman–Crippen LogP) is 0.699. The lowest BCUT2D eigenvalue weighted by atomic mass is 10.3. The highest BCUT2D eigenvalue weighted by atomic mass is 16.5. The van der Waals surface area contributed by atoms with Crippen LogP contribution in [0.15, 0.2) is 29.9 Å². The molecule has 0 fully saturated rings. The number of aromatic nitrogens is 2. The molecule has 3 rings (SSSR count). The van der Waals surface area contributed by atoms with Crippen LogP contribution in [0.25, 0.3) is 6.20 Å². The Bertz CT molecular complexity index is 403. The van der Waals surface area contributed by atoms with Gasteiger partial charge >= 0.3 is 0 Å². The van der Waals surface area contributed by atoms with E-state index in [1.807, 2.05) is 23.0 Å². The Morgan fingerprint density at radius 2 is 2.54 bits per heavy atom. The van der Waals surface area contributed by atoms with Gasteiger partial charge in [0.1, 0.15) is 11.6 Å². The summed E-state index contributed by atoms with van der Waals surface area (Å²) in [6.45, 7) is 0.579. The van der Waals surface area contributed by atoms with Gasteiger partial charge in [0, 0.05) is 25.0 Å². The van der Waals surface area contributed by atoms with Crippen LogP contribution in [0, 0.1) is 0 Å². The maximum atomic E-state index is 5.38.